The second kappa shape index (κ2) is 7.14. The Balaban J connectivity index is 2.04. The molecule has 2 aromatic carbocycles. The fraction of sp³-hybridized carbons (Fsp3) is 0.0588. The van der Waals surface area contributed by atoms with Gasteiger partial charge in [-0.1, -0.05) is 6.07 Å². The van der Waals surface area contributed by atoms with Gasteiger partial charge in [-0.25, -0.2) is 4.85 Å². The molecule has 108 valence electrons. The van der Waals surface area contributed by atoms with Crippen molar-refractivity contribution in [3.05, 3.63) is 70.4 Å². The molecule has 0 heterocycles. The van der Waals surface area contributed by atoms with E-state index in [1.807, 2.05) is 12.1 Å². The van der Waals surface area contributed by atoms with Gasteiger partial charge in [0.15, 0.2) is 11.4 Å². The van der Waals surface area contributed by atoms with Crippen LogP contribution >= 0.6 is 0 Å². The van der Waals surface area contributed by atoms with Gasteiger partial charge < -0.3 is 9.47 Å². The topological polar surface area (TPSA) is 74.8 Å². The van der Waals surface area contributed by atoms with Crippen LogP contribution in [0.1, 0.15) is 11.1 Å². The van der Waals surface area contributed by atoms with Crippen LogP contribution < -0.4 is 9.47 Å². The molecule has 0 N–H and O–H groups in total. The summed E-state index contributed by atoms with van der Waals surface area (Å²) in [5, 5.41) is 17.8. The molecule has 6 heteroatoms. The van der Waals surface area contributed by atoms with Gasteiger partial charge in [0.05, 0.1) is 24.3 Å². The highest BCUT2D eigenvalue weighted by Gasteiger charge is 2.06. The van der Waals surface area contributed by atoms with Crippen LogP contribution in [0.2, 0.25) is 0 Å². The third-order valence-corrected chi connectivity index (χ3v) is 2.87. The first-order chi connectivity index (χ1) is 11.2. The van der Waals surface area contributed by atoms with E-state index in [1.54, 1.807) is 12.1 Å². The first-order valence-corrected chi connectivity index (χ1v) is 6.30. The van der Waals surface area contributed by atoms with Crippen LogP contribution in [0.15, 0.2) is 36.4 Å². The molecule has 0 aliphatic rings. The highest BCUT2D eigenvalue weighted by atomic mass is 16.7. The molecule has 0 saturated carbocycles. The van der Waals surface area contributed by atoms with E-state index in [2.05, 4.69) is 9.69 Å². The summed E-state index contributed by atoms with van der Waals surface area (Å²) in [6, 6.07) is 12.9. The van der Waals surface area contributed by atoms with Gasteiger partial charge in [-0.15, -0.1) is 0 Å². The minimum atomic E-state index is -0.133. The molecular weight excluding hydrogens is 292 g/mol. The van der Waals surface area contributed by atoms with Gasteiger partial charge in [0, 0.05) is 0 Å². The Morgan fingerprint density at radius 1 is 0.826 bits per heavy atom. The van der Waals surface area contributed by atoms with Crippen molar-refractivity contribution in [2.75, 3.05) is 6.79 Å². The number of nitriles is 2. The molecule has 23 heavy (non-hydrogen) atoms. The second-order valence-corrected chi connectivity index (χ2v) is 4.21. The van der Waals surface area contributed by atoms with Gasteiger partial charge in [-0.3, -0.25) is 4.85 Å². The van der Waals surface area contributed by atoms with E-state index in [-0.39, 0.29) is 29.3 Å². The van der Waals surface area contributed by atoms with Crippen LogP contribution in [0.25, 0.3) is 9.69 Å². The lowest BCUT2D eigenvalue weighted by Gasteiger charge is -2.09. The van der Waals surface area contributed by atoms with Gasteiger partial charge in [0.1, 0.15) is 23.6 Å². The SMILES string of the molecule is [C-]#[N+]c1ccc(OCOc2ccc(C#N)c(C#N)c2)cc1[N+]#[C-]. The number of benzene rings is 2. The van der Waals surface area contributed by atoms with E-state index in [0.717, 1.165) is 0 Å². The normalized spacial score (nSPS) is 8.87. The van der Waals surface area contributed by atoms with E-state index in [4.69, 9.17) is 33.1 Å². The molecule has 0 aliphatic carbocycles. The smallest absolute Gasteiger partial charge is 0.230 e. The molecule has 0 bridgehead atoms. The second-order valence-electron chi connectivity index (χ2n) is 4.21. The fourth-order valence-electron chi connectivity index (χ4n) is 1.75. The molecule has 0 fully saturated rings. The quantitative estimate of drug-likeness (QED) is 0.633. The Morgan fingerprint density at radius 2 is 1.43 bits per heavy atom. The van der Waals surface area contributed by atoms with Crippen LogP contribution in [-0.4, -0.2) is 6.79 Å². The lowest BCUT2D eigenvalue weighted by Crippen LogP contribution is -2.05. The van der Waals surface area contributed by atoms with Gasteiger partial charge in [0.2, 0.25) is 6.79 Å². The number of hydrogen-bond acceptors (Lipinski definition) is 4. The minimum Gasteiger partial charge on any atom is -0.459 e. The van der Waals surface area contributed by atoms with Crippen molar-refractivity contribution in [3.8, 4) is 23.6 Å². The van der Waals surface area contributed by atoms with E-state index in [1.165, 1.54) is 24.3 Å². The standard InChI is InChI=1S/C17H8N4O2/c1-20-16-6-5-15(8-17(16)21-2)23-11-22-14-4-3-12(9-18)13(7-14)10-19/h3-8H,11H2. The molecule has 0 radical (unpaired) electrons. The maximum absolute atomic E-state index is 8.94. The molecule has 0 spiro atoms. The predicted octanol–water partition coefficient (Wildman–Crippen LogP) is 3.95. The van der Waals surface area contributed by atoms with Crippen LogP contribution in [-0.2, 0) is 0 Å². The Hall–Kier alpha value is -4.00. The zero-order chi connectivity index (χ0) is 16.7. The van der Waals surface area contributed by atoms with Crippen molar-refractivity contribution >= 4 is 11.4 Å². The molecule has 0 unspecified atom stereocenters. The Labute approximate surface area is 133 Å². The van der Waals surface area contributed by atoms with Crippen LogP contribution in [0.3, 0.4) is 0 Å². The van der Waals surface area contributed by atoms with E-state index >= 15 is 0 Å². The lowest BCUT2D eigenvalue weighted by molar-refractivity contribution is 0.120. The van der Waals surface area contributed by atoms with E-state index in [9.17, 15) is 0 Å². The summed E-state index contributed by atoms with van der Waals surface area (Å²) < 4.78 is 10.7. The average Bonchev–Trinajstić information content (AvgIpc) is 2.61. The maximum atomic E-state index is 8.94. The molecule has 0 saturated heterocycles. The van der Waals surface area contributed by atoms with Crippen molar-refractivity contribution in [2.24, 2.45) is 0 Å². The number of ether oxygens (including phenoxy) is 2. The first kappa shape index (κ1) is 15.4. The third kappa shape index (κ3) is 3.56. The van der Waals surface area contributed by atoms with Crippen molar-refractivity contribution in [1.29, 1.82) is 10.5 Å². The van der Waals surface area contributed by atoms with Crippen molar-refractivity contribution < 1.29 is 9.47 Å². The summed E-state index contributed by atoms with van der Waals surface area (Å²) >= 11 is 0. The van der Waals surface area contributed by atoms with Gasteiger partial charge in [-0.2, -0.15) is 10.5 Å². The average molecular weight is 300 g/mol. The Morgan fingerprint density at radius 3 is 2.04 bits per heavy atom. The molecule has 0 amide bonds. The summed E-state index contributed by atoms with van der Waals surface area (Å²) in [6.45, 7) is 13.8. The summed E-state index contributed by atoms with van der Waals surface area (Å²) in [6.07, 6.45) is 0. The molecule has 2 rings (SSSR count). The van der Waals surface area contributed by atoms with Crippen LogP contribution in [0.4, 0.5) is 11.4 Å². The highest BCUT2D eigenvalue weighted by Crippen LogP contribution is 2.32. The first-order valence-electron chi connectivity index (χ1n) is 6.30. The summed E-state index contributed by atoms with van der Waals surface area (Å²) in [5.74, 6) is 0.793. The van der Waals surface area contributed by atoms with Gasteiger partial charge >= 0.3 is 0 Å². The largest absolute Gasteiger partial charge is 0.459 e. The Bertz CT molecular complexity index is 833. The van der Waals surface area contributed by atoms with E-state index < -0.39 is 0 Å². The fourth-order valence-corrected chi connectivity index (χ4v) is 1.75. The maximum Gasteiger partial charge on any atom is 0.230 e. The molecule has 0 aromatic heterocycles. The third-order valence-electron chi connectivity index (χ3n) is 2.87. The van der Waals surface area contributed by atoms with Crippen LogP contribution in [0.5, 0.6) is 11.5 Å². The molecule has 0 atom stereocenters. The summed E-state index contributed by atoms with van der Waals surface area (Å²) in [5.41, 5.74) is 0.973. The number of hydrogen-bond donors (Lipinski definition) is 0. The number of rotatable bonds is 4. The monoisotopic (exact) mass is 300 g/mol. The zero-order valence-corrected chi connectivity index (χ0v) is 11.8. The van der Waals surface area contributed by atoms with Crippen LogP contribution in [0, 0.1) is 35.8 Å². The lowest BCUT2D eigenvalue weighted by atomic mass is 10.1. The minimum absolute atomic E-state index is 0.133. The molecular formula is C17H8N4O2. The molecule has 2 aromatic rings. The highest BCUT2D eigenvalue weighted by molar-refractivity contribution is 5.72. The summed E-state index contributed by atoms with van der Waals surface area (Å²) in [4.78, 5) is 6.50. The van der Waals surface area contributed by atoms with Crippen molar-refractivity contribution in [1.82, 2.24) is 0 Å². The number of nitrogens with zero attached hydrogens (tertiary/aromatic N) is 4. The van der Waals surface area contributed by atoms with E-state index in [0.29, 0.717) is 11.5 Å². The summed E-state index contributed by atoms with van der Waals surface area (Å²) in [7, 11) is 0. The van der Waals surface area contributed by atoms with Crippen molar-refractivity contribution in [2.45, 2.75) is 0 Å². The van der Waals surface area contributed by atoms with Gasteiger partial charge in [-0.05, 0) is 30.3 Å². The Kier molecular flexibility index (Phi) is 4.77. The molecule has 6 nitrogen and oxygen atoms in total. The zero-order valence-electron chi connectivity index (χ0n) is 11.8. The van der Waals surface area contributed by atoms with Crippen molar-refractivity contribution in [3.63, 3.8) is 0 Å². The predicted molar refractivity (Wildman–Crippen MR) is 81.0 cm³/mol. The van der Waals surface area contributed by atoms with Gasteiger partial charge in [0.25, 0.3) is 0 Å². The molecule has 0 aliphatic heterocycles.